The van der Waals surface area contributed by atoms with E-state index in [9.17, 15) is 0 Å². The lowest BCUT2D eigenvalue weighted by Gasteiger charge is -2.00. The van der Waals surface area contributed by atoms with Crippen LogP contribution in [0.1, 0.15) is 4.88 Å². The van der Waals surface area contributed by atoms with Crippen molar-refractivity contribution in [2.75, 3.05) is 5.73 Å². The summed E-state index contributed by atoms with van der Waals surface area (Å²) in [5, 5.41) is 8.59. The number of benzene rings is 2. The second kappa shape index (κ2) is 6.42. The molecule has 0 radical (unpaired) electrons. The first kappa shape index (κ1) is 16.0. The molecule has 0 unspecified atom stereocenters. The van der Waals surface area contributed by atoms with Gasteiger partial charge >= 0.3 is 6.01 Å². The normalized spacial score (nSPS) is 11.0. The van der Waals surface area contributed by atoms with Crippen LogP contribution in [0.15, 0.2) is 57.4 Å². The molecule has 0 spiro atoms. The number of aryl methyl sites for hydroxylation is 1. The van der Waals surface area contributed by atoms with Crippen LogP contribution in [-0.2, 0) is 0 Å². The third-order valence-corrected chi connectivity index (χ3v) is 5.26. The van der Waals surface area contributed by atoms with Crippen molar-refractivity contribution >= 4 is 33.3 Å². The largest absolute Gasteiger partial charge is 0.404 e. The zero-order valence-corrected chi connectivity index (χ0v) is 15.6. The molecule has 0 amide bonds. The Bertz CT molecular complexity index is 1040. The van der Waals surface area contributed by atoms with Gasteiger partial charge in [-0.25, -0.2) is 4.98 Å². The Labute approximate surface area is 156 Å². The summed E-state index contributed by atoms with van der Waals surface area (Å²) in [7, 11) is 0. The topological polar surface area (TPSA) is 77.8 Å². The van der Waals surface area contributed by atoms with E-state index in [1.54, 1.807) is 11.3 Å². The number of halogens is 1. The number of rotatable bonds is 3. The van der Waals surface area contributed by atoms with Crippen molar-refractivity contribution in [1.82, 2.24) is 15.2 Å². The Morgan fingerprint density at radius 2 is 1.76 bits per heavy atom. The van der Waals surface area contributed by atoms with Crippen molar-refractivity contribution in [3.05, 3.63) is 57.9 Å². The molecule has 124 valence electrons. The van der Waals surface area contributed by atoms with E-state index >= 15 is 0 Å². The number of thiazole rings is 1. The van der Waals surface area contributed by atoms with Gasteiger partial charge in [-0.2, -0.15) is 0 Å². The third kappa shape index (κ3) is 3.20. The SMILES string of the molecule is Cc1sc(-c2cccc(-c3nnc(N)o3)c2)nc1-c1ccc(Br)cc1. The molecule has 2 heterocycles. The van der Waals surface area contributed by atoms with Crippen LogP contribution in [0, 0.1) is 6.92 Å². The minimum Gasteiger partial charge on any atom is -0.404 e. The molecule has 7 heteroatoms. The molecular formula is C18H13BrN4OS. The maximum Gasteiger partial charge on any atom is 0.313 e. The van der Waals surface area contributed by atoms with Gasteiger partial charge in [0, 0.05) is 26.0 Å². The lowest BCUT2D eigenvalue weighted by atomic mass is 10.1. The first-order chi connectivity index (χ1) is 12.1. The summed E-state index contributed by atoms with van der Waals surface area (Å²) in [6.45, 7) is 2.08. The highest BCUT2D eigenvalue weighted by molar-refractivity contribution is 9.10. The molecule has 5 nitrogen and oxygen atoms in total. The number of hydrogen-bond acceptors (Lipinski definition) is 6. The van der Waals surface area contributed by atoms with Crippen LogP contribution in [0.5, 0.6) is 0 Å². The van der Waals surface area contributed by atoms with Crippen LogP contribution in [-0.4, -0.2) is 15.2 Å². The number of aromatic nitrogens is 3. The number of nitrogen functional groups attached to an aromatic ring is 1. The van der Waals surface area contributed by atoms with E-state index < -0.39 is 0 Å². The number of anilines is 1. The van der Waals surface area contributed by atoms with E-state index in [1.165, 1.54) is 4.88 Å². The Balaban J connectivity index is 1.73. The fourth-order valence-electron chi connectivity index (χ4n) is 2.53. The Morgan fingerprint density at radius 3 is 2.48 bits per heavy atom. The van der Waals surface area contributed by atoms with Gasteiger partial charge in [0.05, 0.1) is 5.69 Å². The molecule has 2 aromatic carbocycles. The quantitative estimate of drug-likeness (QED) is 0.501. The fraction of sp³-hybridized carbons (Fsp3) is 0.0556. The first-order valence-corrected chi connectivity index (χ1v) is 9.14. The maximum atomic E-state index is 5.51. The molecule has 0 aliphatic rings. The van der Waals surface area contributed by atoms with Crippen LogP contribution in [0.25, 0.3) is 33.3 Å². The zero-order chi connectivity index (χ0) is 17.4. The van der Waals surface area contributed by atoms with Crippen LogP contribution in [0.2, 0.25) is 0 Å². The summed E-state index contributed by atoms with van der Waals surface area (Å²) in [6, 6.07) is 16.1. The fourth-order valence-corrected chi connectivity index (χ4v) is 3.73. The highest BCUT2D eigenvalue weighted by Gasteiger charge is 2.13. The molecule has 0 saturated carbocycles. The smallest absolute Gasteiger partial charge is 0.313 e. The molecule has 2 N–H and O–H groups in total. The molecular weight excluding hydrogens is 400 g/mol. The molecule has 0 aliphatic heterocycles. The average molecular weight is 413 g/mol. The summed E-state index contributed by atoms with van der Waals surface area (Å²) in [5.41, 5.74) is 9.43. The summed E-state index contributed by atoms with van der Waals surface area (Å²) in [4.78, 5) is 6.00. The molecule has 0 atom stereocenters. The van der Waals surface area contributed by atoms with Crippen LogP contribution in [0.3, 0.4) is 0 Å². The number of nitrogens with zero attached hydrogens (tertiary/aromatic N) is 3. The van der Waals surface area contributed by atoms with Crippen LogP contribution < -0.4 is 5.73 Å². The maximum absolute atomic E-state index is 5.51. The summed E-state index contributed by atoms with van der Waals surface area (Å²) in [5.74, 6) is 0.403. The predicted octanol–water partition coefficient (Wildman–Crippen LogP) is 5.18. The van der Waals surface area contributed by atoms with Crippen molar-refractivity contribution in [2.24, 2.45) is 0 Å². The predicted molar refractivity (Wildman–Crippen MR) is 103 cm³/mol. The van der Waals surface area contributed by atoms with E-state index in [0.717, 1.165) is 31.9 Å². The molecule has 25 heavy (non-hydrogen) atoms. The van der Waals surface area contributed by atoms with Gasteiger partial charge < -0.3 is 10.2 Å². The van der Waals surface area contributed by atoms with E-state index in [4.69, 9.17) is 15.1 Å². The zero-order valence-electron chi connectivity index (χ0n) is 13.2. The molecule has 0 bridgehead atoms. The van der Waals surface area contributed by atoms with Crippen molar-refractivity contribution in [2.45, 2.75) is 6.92 Å². The van der Waals surface area contributed by atoms with Crippen molar-refractivity contribution < 1.29 is 4.42 Å². The van der Waals surface area contributed by atoms with E-state index in [1.807, 2.05) is 36.4 Å². The lowest BCUT2D eigenvalue weighted by molar-refractivity contribution is 0.590. The standard InChI is InChI=1S/C18H13BrN4OS/c1-10-15(11-5-7-14(19)8-6-11)21-17(25-10)13-4-2-3-12(9-13)16-22-23-18(20)24-16/h2-9H,1H3,(H2,20,23). The van der Waals surface area contributed by atoms with Gasteiger partial charge in [-0.3, -0.25) is 0 Å². The Morgan fingerprint density at radius 1 is 1.00 bits per heavy atom. The Kier molecular flexibility index (Phi) is 4.10. The molecule has 0 aliphatic carbocycles. The van der Waals surface area contributed by atoms with E-state index in [-0.39, 0.29) is 6.01 Å². The number of nitrogens with two attached hydrogens (primary N) is 1. The van der Waals surface area contributed by atoms with Gasteiger partial charge in [0.1, 0.15) is 5.01 Å². The monoisotopic (exact) mass is 412 g/mol. The second-order valence-electron chi connectivity index (χ2n) is 5.46. The molecule has 4 rings (SSSR count). The van der Waals surface area contributed by atoms with Crippen molar-refractivity contribution in [3.63, 3.8) is 0 Å². The summed E-state index contributed by atoms with van der Waals surface area (Å²) < 4.78 is 6.36. The molecule has 0 saturated heterocycles. The van der Waals surface area contributed by atoms with Gasteiger partial charge in [-0.05, 0) is 31.2 Å². The molecule has 2 aromatic heterocycles. The minimum atomic E-state index is 0.0584. The van der Waals surface area contributed by atoms with Gasteiger partial charge in [-0.15, -0.1) is 16.4 Å². The molecule has 0 fully saturated rings. The van der Waals surface area contributed by atoms with E-state index in [2.05, 4.69) is 45.2 Å². The third-order valence-electron chi connectivity index (χ3n) is 3.71. The highest BCUT2D eigenvalue weighted by Crippen LogP contribution is 2.35. The van der Waals surface area contributed by atoms with Gasteiger partial charge in [0.2, 0.25) is 5.89 Å². The Hall–Kier alpha value is -2.51. The summed E-state index contributed by atoms with van der Waals surface area (Å²) >= 11 is 5.13. The average Bonchev–Trinajstić information content (AvgIpc) is 3.22. The van der Waals surface area contributed by atoms with Crippen molar-refractivity contribution in [3.8, 4) is 33.3 Å². The lowest BCUT2D eigenvalue weighted by Crippen LogP contribution is -1.83. The minimum absolute atomic E-state index is 0.0584. The number of hydrogen-bond donors (Lipinski definition) is 1. The van der Waals surface area contributed by atoms with Gasteiger partial charge in [0.15, 0.2) is 0 Å². The van der Waals surface area contributed by atoms with Gasteiger partial charge in [-0.1, -0.05) is 45.3 Å². The van der Waals surface area contributed by atoms with Crippen LogP contribution in [0.4, 0.5) is 6.01 Å². The first-order valence-electron chi connectivity index (χ1n) is 7.53. The van der Waals surface area contributed by atoms with Crippen molar-refractivity contribution in [1.29, 1.82) is 0 Å². The highest BCUT2D eigenvalue weighted by atomic mass is 79.9. The van der Waals surface area contributed by atoms with E-state index in [0.29, 0.717) is 5.89 Å². The summed E-state index contributed by atoms with van der Waals surface area (Å²) in [6.07, 6.45) is 0. The molecule has 4 aromatic rings. The van der Waals surface area contributed by atoms with Gasteiger partial charge in [0.25, 0.3) is 0 Å². The van der Waals surface area contributed by atoms with Crippen LogP contribution >= 0.6 is 27.3 Å². The second-order valence-corrected chi connectivity index (χ2v) is 7.58.